The predicted octanol–water partition coefficient (Wildman–Crippen LogP) is 3.42. The van der Waals surface area contributed by atoms with Crippen molar-refractivity contribution < 1.29 is 9.53 Å². The first-order chi connectivity index (χ1) is 18.8. The number of carbonyl (C=O) groups excluding carboxylic acids is 1. The molecule has 1 aromatic carbocycles. The molecule has 0 spiro atoms. The second-order valence-corrected chi connectivity index (χ2v) is 10.1. The first kappa shape index (κ1) is 24.9. The van der Waals surface area contributed by atoms with Crippen LogP contribution in [0.5, 0.6) is 0 Å². The number of ether oxygens (including phenoxy) is 1. The van der Waals surface area contributed by atoms with E-state index < -0.39 is 11.2 Å². The van der Waals surface area contributed by atoms with Crippen molar-refractivity contribution in [3.63, 3.8) is 0 Å². The lowest BCUT2D eigenvalue weighted by atomic mass is 10.2. The van der Waals surface area contributed by atoms with Gasteiger partial charge in [0.2, 0.25) is 5.95 Å². The maximum Gasteiger partial charge on any atom is 0.332 e. The van der Waals surface area contributed by atoms with Crippen LogP contribution < -0.4 is 16.6 Å². The van der Waals surface area contributed by atoms with Crippen LogP contribution in [0.2, 0.25) is 5.02 Å². The highest BCUT2D eigenvalue weighted by molar-refractivity contribution is 6.35. The van der Waals surface area contributed by atoms with Gasteiger partial charge in [-0.3, -0.25) is 18.7 Å². The van der Waals surface area contributed by atoms with Crippen molar-refractivity contribution in [1.82, 2.24) is 28.7 Å². The molecular weight excluding hydrogens is 522 g/mol. The molecule has 2 atom stereocenters. The normalized spacial score (nSPS) is 16.6. The van der Waals surface area contributed by atoms with Crippen molar-refractivity contribution in [3.05, 3.63) is 79.7 Å². The number of aromatic nitrogens is 6. The van der Waals surface area contributed by atoms with Crippen LogP contribution in [0.4, 0.5) is 11.8 Å². The fourth-order valence-electron chi connectivity index (χ4n) is 5.00. The summed E-state index contributed by atoms with van der Waals surface area (Å²) >= 11 is 6.29. The van der Waals surface area contributed by atoms with Crippen LogP contribution in [0, 0.1) is 5.92 Å². The summed E-state index contributed by atoms with van der Waals surface area (Å²) in [5.41, 5.74) is 1.87. The summed E-state index contributed by atoms with van der Waals surface area (Å²) in [4.78, 5) is 51.2. The Hall–Kier alpha value is -4.38. The Kier molecular flexibility index (Phi) is 6.02. The van der Waals surface area contributed by atoms with Crippen molar-refractivity contribution in [2.45, 2.75) is 25.8 Å². The number of benzene rings is 1. The molecule has 2 N–H and O–H groups in total. The molecule has 1 fully saturated rings. The minimum atomic E-state index is -0.485. The number of anilines is 2. The molecule has 12 heteroatoms. The molecule has 0 amide bonds. The Morgan fingerprint density at radius 2 is 1.95 bits per heavy atom. The number of esters is 1. The van der Waals surface area contributed by atoms with E-state index in [0.29, 0.717) is 35.5 Å². The van der Waals surface area contributed by atoms with Crippen LogP contribution in [-0.2, 0) is 30.2 Å². The molecule has 1 aliphatic rings. The van der Waals surface area contributed by atoms with Gasteiger partial charge in [-0.25, -0.2) is 9.78 Å². The molecular formula is C27H26ClN7O4. The molecule has 11 nitrogen and oxygen atoms in total. The molecule has 5 aromatic rings. The van der Waals surface area contributed by atoms with Crippen molar-refractivity contribution in [1.29, 1.82) is 0 Å². The largest absolute Gasteiger partial charge is 0.466 e. The number of carbonyl (C=O) groups is 1. The molecule has 39 heavy (non-hydrogen) atoms. The Bertz CT molecular complexity index is 1880. The van der Waals surface area contributed by atoms with Gasteiger partial charge in [0.25, 0.3) is 5.56 Å². The summed E-state index contributed by atoms with van der Waals surface area (Å²) in [5, 5.41) is 4.57. The number of fused-ring (bicyclic) bond motifs is 2. The van der Waals surface area contributed by atoms with Crippen LogP contribution in [0.15, 0.2) is 52.1 Å². The minimum absolute atomic E-state index is 0.0128. The zero-order valence-electron chi connectivity index (χ0n) is 21.6. The second kappa shape index (κ2) is 9.42. The number of hydrogen-bond donors (Lipinski definition) is 2. The van der Waals surface area contributed by atoms with E-state index in [4.69, 9.17) is 16.3 Å². The number of rotatable bonds is 7. The molecule has 1 aliphatic carbocycles. The van der Waals surface area contributed by atoms with E-state index >= 15 is 0 Å². The summed E-state index contributed by atoms with van der Waals surface area (Å²) in [5.74, 6) is 0.504. The minimum Gasteiger partial charge on any atom is -0.466 e. The Labute approximate surface area is 227 Å². The van der Waals surface area contributed by atoms with Crippen LogP contribution >= 0.6 is 11.6 Å². The highest BCUT2D eigenvalue weighted by Crippen LogP contribution is 2.47. The molecule has 2 unspecified atom stereocenters. The number of nitrogens with zero attached hydrogens (tertiary/aromatic N) is 5. The van der Waals surface area contributed by atoms with E-state index in [9.17, 15) is 14.4 Å². The van der Waals surface area contributed by atoms with Crippen LogP contribution in [0.1, 0.15) is 30.7 Å². The van der Waals surface area contributed by atoms with Crippen molar-refractivity contribution in [3.8, 4) is 0 Å². The van der Waals surface area contributed by atoms with Gasteiger partial charge in [0.15, 0.2) is 11.2 Å². The summed E-state index contributed by atoms with van der Waals surface area (Å²) in [6, 6.07) is 12.9. The number of nitrogens with one attached hydrogen (secondary N) is 2. The summed E-state index contributed by atoms with van der Waals surface area (Å²) < 4.78 is 9.27. The summed E-state index contributed by atoms with van der Waals surface area (Å²) in [6.07, 6.45) is 0.700. The van der Waals surface area contributed by atoms with Crippen LogP contribution in [0.3, 0.4) is 0 Å². The van der Waals surface area contributed by atoms with Crippen molar-refractivity contribution in [2.75, 3.05) is 11.9 Å². The quantitative estimate of drug-likeness (QED) is 0.299. The van der Waals surface area contributed by atoms with Gasteiger partial charge in [0, 0.05) is 47.3 Å². The SMILES string of the molecule is CCOC(=O)C1CC1c1cccc(Nc2nc3c(c(=O)n(Cc4cc5c(Cl)cccc5[nH]4)c(=O)n3C)n2C)n1. The van der Waals surface area contributed by atoms with Crippen LogP contribution in [-0.4, -0.2) is 41.2 Å². The topological polar surface area (TPSA) is 129 Å². The van der Waals surface area contributed by atoms with Gasteiger partial charge in [-0.2, -0.15) is 4.98 Å². The average Bonchev–Trinajstić information content (AvgIpc) is 3.51. The van der Waals surface area contributed by atoms with Gasteiger partial charge in [-0.15, -0.1) is 0 Å². The molecule has 0 bridgehead atoms. The molecule has 0 saturated heterocycles. The number of imidazole rings is 1. The number of H-pyrrole nitrogens is 1. The van der Waals surface area contributed by atoms with Gasteiger partial charge < -0.3 is 19.6 Å². The number of pyridine rings is 1. The third-order valence-electron chi connectivity index (χ3n) is 7.13. The summed E-state index contributed by atoms with van der Waals surface area (Å²) in [6.45, 7) is 2.19. The van der Waals surface area contributed by atoms with Crippen LogP contribution in [0.25, 0.3) is 22.1 Å². The van der Waals surface area contributed by atoms with Gasteiger partial charge in [0.05, 0.1) is 19.1 Å². The van der Waals surface area contributed by atoms with Crippen molar-refractivity contribution in [2.24, 2.45) is 20.0 Å². The van der Waals surface area contributed by atoms with Crippen molar-refractivity contribution >= 4 is 51.4 Å². The molecule has 6 rings (SSSR count). The molecule has 4 aromatic heterocycles. The van der Waals surface area contributed by atoms with E-state index in [1.807, 2.05) is 30.3 Å². The van der Waals surface area contributed by atoms with E-state index in [0.717, 1.165) is 16.6 Å². The molecule has 1 saturated carbocycles. The highest BCUT2D eigenvalue weighted by Gasteiger charge is 2.46. The first-order valence-corrected chi connectivity index (χ1v) is 13.0. The third-order valence-corrected chi connectivity index (χ3v) is 7.45. The zero-order chi connectivity index (χ0) is 27.4. The predicted molar refractivity (Wildman–Crippen MR) is 148 cm³/mol. The lowest BCUT2D eigenvalue weighted by Gasteiger charge is -2.08. The van der Waals surface area contributed by atoms with E-state index in [2.05, 4.69) is 20.3 Å². The van der Waals surface area contributed by atoms with Gasteiger partial charge in [-0.1, -0.05) is 23.7 Å². The van der Waals surface area contributed by atoms with E-state index in [1.54, 1.807) is 37.7 Å². The zero-order valence-corrected chi connectivity index (χ0v) is 22.3. The molecule has 4 heterocycles. The number of aromatic amines is 1. The number of hydrogen-bond acceptors (Lipinski definition) is 7. The van der Waals surface area contributed by atoms with E-state index in [1.165, 1.54) is 9.13 Å². The third kappa shape index (κ3) is 4.28. The Morgan fingerprint density at radius 1 is 1.15 bits per heavy atom. The Balaban J connectivity index is 1.32. The maximum atomic E-state index is 13.5. The molecule has 0 radical (unpaired) electrons. The fraction of sp³-hybridized carbons (Fsp3) is 0.296. The number of aryl methyl sites for hydroxylation is 2. The smallest absolute Gasteiger partial charge is 0.332 e. The van der Waals surface area contributed by atoms with E-state index in [-0.39, 0.29) is 35.5 Å². The molecule has 200 valence electrons. The fourth-order valence-corrected chi connectivity index (χ4v) is 5.23. The standard InChI is InChI=1S/C27H26ClN7O4/c1-4-39-25(37)16-12-15(16)19-9-6-10-21(30-19)31-26-32-23-22(33(26)2)24(36)35(27(38)34(23)3)13-14-11-17-18(28)7-5-8-20(17)29-14/h5-11,15-16,29H,4,12-13H2,1-3H3,(H,30,31,32). The summed E-state index contributed by atoms with van der Waals surface area (Å²) in [7, 11) is 3.29. The maximum absolute atomic E-state index is 13.5. The van der Waals surface area contributed by atoms with Gasteiger partial charge in [0.1, 0.15) is 5.82 Å². The van der Waals surface area contributed by atoms with Gasteiger partial charge in [-0.05, 0) is 43.7 Å². The lowest BCUT2D eigenvalue weighted by Crippen LogP contribution is -2.39. The number of halogens is 1. The lowest BCUT2D eigenvalue weighted by molar-refractivity contribution is -0.144. The highest BCUT2D eigenvalue weighted by atomic mass is 35.5. The van der Waals surface area contributed by atoms with Gasteiger partial charge >= 0.3 is 11.7 Å². The average molecular weight is 548 g/mol. The Morgan fingerprint density at radius 3 is 2.72 bits per heavy atom. The monoisotopic (exact) mass is 547 g/mol. The molecule has 0 aliphatic heterocycles. The second-order valence-electron chi connectivity index (χ2n) is 9.67. The first-order valence-electron chi connectivity index (χ1n) is 12.6.